The van der Waals surface area contributed by atoms with Crippen LogP contribution >= 0.6 is 24.0 Å². The minimum absolute atomic E-state index is 0. The van der Waals surface area contributed by atoms with E-state index in [1.165, 1.54) is 6.07 Å². The molecule has 6 heteroatoms. The molecule has 0 heterocycles. The third-order valence-electron chi connectivity index (χ3n) is 3.49. The van der Waals surface area contributed by atoms with Gasteiger partial charge < -0.3 is 15.4 Å². The first kappa shape index (κ1) is 22.1. The van der Waals surface area contributed by atoms with E-state index in [0.29, 0.717) is 12.1 Å². The quantitative estimate of drug-likeness (QED) is 0.284. The summed E-state index contributed by atoms with van der Waals surface area (Å²) in [5, 5.41) is 6.49. The van der Waals surface area contributed by atoms with Crippen LogP contribution in [0, 0.1) is 5.82 Å². The van der Waals surface area contributed by atoms with Crippen LogP contribution in [0.5, 0.6) is 0 Å². The van der Waals surface area contributed by atoms with Crippen LogP contribution < -0.4 is 10.6 Å². The number of ether oxygens (including phenoxy) is 1. The highest BCUT2D eigenvalue weighted by atomic mass is 127. The Labute approximate surface area is 156 Å². The molecule has 132 valence electrons. The number of hydrogen-bond acceptors (Lipinski definition) is 2. The number of hydrogen-bond donors (Lipinski definition) is 2. The van der Waals surface area contributed by atoms with Crippen molar-refractivity contribution in [1.29, 1.82) is 0 Å². The Kier molecular flexibility index (Phi) is 11.2. The molecule has 1 aromatic rings. The first-order chi connectivity index (χ1) is 10.5. The van der Waals surface area contributed by atoms with Crippen LogP contribution in [0.2, 0.25) is 0 Å². The van der Waals surface area contributed by atoms with E-state index < -0.39 is 0 Å². The van der Waals surface area contributed by atoms with Crippen molar-refractivity contribution in [2.24, 2.45) is 4.99 Å². The van der Waals surface area contributed by atoms with Crippen LogP contribution in [0.15, 0.2) is 29.3 Å². The molecule has 23 heavy (non-hydrogen) atoms. The first-order valence-electron chi connectivity index (χ1n) is 7.78. The molecule has 0 aliphatic heterocycles. The third kappa shape index (κ3) is 7.97. The number of rotatable bonds is 8. The minimum atomic E-state index is -0.325. The standard InChI is InChI=1S/C17H28FN3O.HI/c1-5-22-12-8-11-20-16(19-4)21-13-17(2,3)14-9-6-7-10-15(14)18;/h6-7,9-10H,5,8,11-13H2,1-4H3,(H2,19,20,21);1H. The summed E-state index contributed by atoms with van der Waals surface area (Å²) in [6.45, 7) is 8.88. The summed E-state index contributed by atoms with van der Waals surface area (Å²) >= 11 is 0. The van der Waals surface area contributed by atoms with Gasteiger partial charge in [0.15, 0.2) is 5.96 Å². The number of halogens is 2. The van der Waals surface area contributed by atoms with E-state index in [1.54, 1.807) is 13.1 Å². The Morgan fingerprint density at radius 3 is 2.57 bits per heavy atom. The molecule has 0 radical (unpaired) electrons. The molecule has 2 N–H and O–H groups in total. The zero-order valence-corrected chi connectivity index (χ0v) is 16.8. The second-order valence-electron chi connectivity index (χ2n) is 5.77. The monoisotopic (exact) mass is 437 g/mol. The van der Waals surface area contributed by atoms with Gasteiger partial charge in [-0.1, -0.05) is 32.0 Å². The molecule has 0 bridgehead atoms. The molecule has 0 fully saturated rings. The highest BCUT2D eigenvalue weighted by molar-refractivity contribution is 14.0. The van der Waals surface area contributed by atoms with Gasteiger partial charge in [-0.15, -0.1) is 24.0 Å². The Bertz CT molecular complexity index is 481. The van der Waals surface area contributed by atoms with Gasteiger partial charge in [-0.2, -0.15) is 0 Å². The van der Waals surface area contributed by atoms with Crippen molar-refractivity contribution >= 4 is 29.9 Å². The fraction of sp³-hybridized carbons (Fsp3) is 0.588. The maximum Gasteiger partial charge on any atom is 0.191 e. The molecule has 0 saturated carbocycles. The van der Waals surface area contributed by atoms with Crippen molar-refractivity contribution in [3.05, 3.63) is 35.6 Å². The molecule has 0 spiro atoms. The van der Waals surface area contributed by atoms with Gasteiger partial charge in [0.25, 0.3) is 0 Å². The average molecular weight is 437 g/mol. The zero-order valence-electron chi connectivity index (χ0n) is 14.5. The summed E-state index contributed by atoms with van der Waals surface area (Å²) in [6.07, 6.45) is 0.922. The summed E-state index contributed by atoms with van der Waals surface area (Å²) in [6, 6.07) is 6.90. The van der Waals surface area contributed by atoms with E-state index in [2.05, 4.69) is 15.6 Å². The SMILES string of the molecule is CCOCCCNC(=NC)NCC(C)(C)c1ccccc1F.I. The molecular weight excluding hydrogens is 408 g/mol. The van der Waals surface area contributed by atoms with E-state index in [9.17, 15) is 4.39 Å². The van der Waals surface area contributed by atoms with Gasteiger partial charge in [0.1, 0.15) is 5.82 Å². The predicted octanol–water partition coefficient (Wildman–Crippen LogP) is 3.31. The second-order valence-corrected chi connectivity index (χ2v) is 5.77. The fourth-order valence-electron chi connectivity index (χ4n) is 2.16. The Morgan fingerprint density at radius 2 is 1.96 bits per heavy atom. The van der Waals surface area contributed by atoms with Crippen LogP contribution in [-0.4, -0.2) is 39.3 Å². The molecule has 1 aromatic carbocycles. The van der Waals surface area contributed by atoms with Gasteiger partial charge in [0.05, 0.1) is 0 Å². The van der Waals surface area contributed by atoms with Crippen molar-refractivity contribution in [3.63, 3.8) is 0 Å². The summed E-state index contributed by atoms with van der Waals surface area (Å²) in [4.78, 5) is 4.18. The number of nitrogens with one attached hydrogen (secondary N) is 2. The number of guanidine groups is 1. The molecule has 0 amide bonds. The lowest BCUT2D eigenvalue weighted by Gasteiger charge is -2.27. The lowest BCUT2D eigenvalue weighted by Crippen LogP contribution is -2.44. The lowest BCUT2D eigenvalue weighted by atomic mass is 9.84. The van der Waals surface area contributed by atoms with E-state index in [0.717, 1.165) is 32.1 Å². The summed E-state index contributed by atoms with van der Waals surface area (Å²) in [5.74, 6) is 0.551. The smallest absolute Gasteiger partial charge is 0.191 e. The number of benzene rings is 1. The second kappa shape index (κ2) is 11.6. The number of aliphatic imine (C=N–C) groups is 1. The molecule has 0 aromatic heterocycles. The van der Waals surface area contributed by atoms with Gasteiger partial charge in [0, 0.05) is 38.8 Å². The van der Waals surface area contributed by atoms with Gasteiger partial charge in [-0.3, -0.25) is 4.99 Å². The average Bonchev–Trinajstić information content (AvgIpc) is 2.50. The van der Waals surface area contributed by atoms with E-state index in [-0.39, 0.29) is 35.2 Å². The normalized spacial score (nSPS) is 11.8. The highest BCUT2D eigenvalue weighted by Crippen LogP contribution is 2.24. The molecule has 0 aliphatic rings. The lowest BCUT2D eigenvalue weighted by molar-refractivity contribution is 0.145. The highest BCUT2D eigenvalue weighted by Gasteiger charge is 2.24. The maximum atomic E-state index is 13.9. The topological polar surface area (TPSA) is 45.6 Å². The van der Waals surface area contributed by atoms with Gasteiger partial charge in [-0.05, 0) is 25.0 Å². The van der Waals surface area contributed by atoms with Crippen LogP contribution in [0.3, 0.4) is 0 Å². The zero-order chi connectivity index (χ0) is 16.4. The molecule has 0 unspecified atom stereocenters. The summed E-state index contributed by atoms with van der Waals surface area (Å²) in [5.41, 5.74) is 0.378. The van der Waals surface area contributed by atoms with Crippen molar-refractivity contribution in [3.8, 4) is 0 Å². The Morgan fingerprint density at radius 1 is 1.26 bits per heavy atom. The van der Waals surface area contributed by atoms with Crippen molar-refractivity contribution in [2.45, 2.75) is 32.6 Å². The Balaban J connectivity index is 0.00000484. The molecule has 4 nitrogen and oxygen atoms in total. The fourth-order valence-corrected chi connectivity index (χ4v) is 2.16. The molecular formula is C17H29FIN3O. The summed E-state index contributed by atoms with van der Waals surface area (Å²) < 4.78 is 19.2. The van der Waals surface area contributed by atoms with E-state index >= 15 is 0 Å². The third-order valence-corrected chi connectivity index (χ3v) is 3.49. The molecule has 1 rings (SSSR count). The molecule has 0 aliphatic carbocycles. The Hall–Kier alpha value is -0.890. The van der Waals surface area contributed by atoms with Crippen molar-refractivity contribution in [2.75, 3.05) is 33.4 Å². The molecule has 0 saturated heterocycles. The van der Waals surface area contributed by atoms with Crippen LogP contribution in [0.4, 0.5) is 4.39 Å². The van der Waals surface area contributed by atoms with Gasteiger partial charge in [0.2, 0.25) is 0 Å². The van der Waals surface area contributed by atoms with Crippen molar-refractivity contribution in [1.82, 2.24) is 10.6 Å². The predicted molar refractivity (Wildman–Crippen MR) is 105 cm³/mol. The van der Waals surface area contributed by atoms with Crippen LogP contribution in [0.25, 0.3) is 0 Å². The van der Waals surface area contributed by atoms with E-state index in [1.807, 2.05) is 32.9 Å². The van der Waals surface area contributed by atoms with Crippen LogP contribution in [-0.2, 0) is 10.2 Å². The largest absolute Gasteiger partial charge is 0.382 e. The van der Waals surface area contributed by atoms with Gasteiger partial charge >= 0.3 is 0 Å². The molecule has 0 atom stereocenters. The number of nitrogens with zero attached hydrogens (tertiary/aromatic N) is 1. The summed E-state index contributed by atoms with van der Waals surface area (Å²) in [7, 11) is 1.73. The minimum Gasteiger partial charge on any atom is -0.382 e. The van der Waals surface area contributed by atoms with Gasteiger partial charge in [-0.25, -0.2) is 4.39 Å². The first-order valence-corrected chi connectivity index (χ1v) is 7.78. The van der Waals surface area contributed by atoms with Crippen molar-refractivity contribution < 1.29 is 9.13 Å². The maximum absolute atomic E-state index is 13.9. The van der Waals surface area contributed by atoms with Crippen LogP contribution in [0.1, 0.15) is 32.8 Å². The van der Waals surface area contributed by atoms with E-state index in [4.69, 9.17) is 4.74 Å².